The molecule has 1 aromatic rings. The standard InChI is InChI=1S/C17H24O3S/c1-13-6-10-17(11-7-13)21(18,19)20-16-9-8-14-4-2-3-5-15(14)12-16/h6-7,10-11,14-16H,2-5,8-9,12H2,1H3/t14-,15-,16-/m1/s1. The third-order valence-electron chi connectivity index (χ3n) is 5.06. The Hall–Kier alpha value is -0.870. The minimum Gasteiger partial charge on any atom is -0.263 e. The predicted octanol–water partition coefficient (Wildman–Crippen LogP) is 4.06. The Morgan fingerprint density at radius 2 is 1.62 bits per heavy atom. The monoisotopic (exact) mass is 308 g/mol. The number of hydrogen-bond acceptors (Lipinski definition) is 3. The van der Waals surface area contributed by atoms with Crippen LogP contribution in [0.3, 0.4) is 0 Å². The fourth-order valence-electron chi connectivity index (χ4n) is 3.86. The Kier molecular flexibility index (Phi) is 4.36. The van der Waals surface area contributed by atoms with E-state index in [2.05, 4.69) is 0 Å². The fourth-order valence-corrected chi connectivity index (χ4v) is 4.97. The van der Waals surface area contributed by atoms with Crippen LogP contribution < -0.4 is 0 Å². The second kappa shape index (κ2) is 6.09. The lowest BCUT2D eigenvalue weighted by molar-refractivity contribution is 0.0688. The van der Waals surface area contributed by atoms with Crippen LogP contribution in [0.15, 0.2) is 29.2 Å². The zero-order chi connectivity index (χ0) is 14.9. The highest BCUT2D eigenvalue weighted by Crippen LogP contribution is 2.41. The Bertz CT molecular complexity index is 577. The molecule has 0 saturated heterocycles. The molecule has 1 aromatic carbocycles. The van der Waals surface area contributed by atoms with Crippen LogP contribution in [0, 0.1) is 18.8 Å². The van der Waals surface area contributed by atoms with Crippen LogP contribution in [0.1, 0.15) is 50.5 Å². The molecular weight excluding hydrogens is 284 g/mol. The summed E-state index contributed by atoms with van der Waals surface area (Å²) in [5.74, 6) is 1.48. The van der Waals surface area contributed by atoms with Gasteiger partial charge >= 0.3 is 0 Å². The SMILES string of the molecule is Cc1ccc(S(=O)(=O)O[C@@H]2CC[C@H]3CCCC[C@@H]3C2)cc1. The van der Waals surface area contributed by atoms with Crippen molar-refractivity contribution in [3.8, 4) is 0 Å². The third kappa shape index (κ3) is 3.49. The van der Waals surface area contributed by atoms with E-state index in [0.29, 0.717) is 5.92 Å². The molecule has 0 radical (unpaired) electrons. The molecule has 2 aliphatic carbocycles. The summed E-state index contributed by atoms with van der Waals surface area (Å²) in [7, 11) is -3.61. The van der Waals surface area contributed by atoms with Crippen LogP contribution >= 0.6 is 0 Å². The molecule has 0 spiro atoms. The average Bonchev–Trinajstić information content (AvgIpc) is 2.47. The van der Waals surface area contributed by atoms with Crippen LogP contribution in [-0.4, -0.2) is 14.5 Å². The first-order valence-electron chi connectivity index (χ1n) is 8.04. The van der Waals surface area contributed by atoms with E-state index in [0.717, 1.165) is 30.7 Å². The molecular formula is C17H24O3S. The lowest BCUT2D eigenvalue weighted by atomic mass is 9.70. The van der Waals surface area contributed by atoms with Gasteiger partial charge in [-0.05, 0) is 50.2 Å². The molecule has 0 N–H and O–H groups in total. The van der Waals surface area contributed by atoms with Gasteiger partial charge in [-0.1, -0.05) is 43.4 Å². The lowest BCUT2D eigenvalue weighted by Gasteiger charge is -2.38. The van der Waals surface area contributed by atoms with Crippen molar-refractivity contribution in [3.63, 3.8) is 0 Å². The smallest absolute Gasteiger partial charge is 0.263 e. The lowest BCUT2D eigenvalue weighted by Crippen LogP contribution is -2.33. The van der Waals surface area contributed by atoms with Crippen LogP contribution in [0.5, 0.6) is 0 Å². The van der Waals surface area contributed by atoms with Gasteiger partial charge in [-0.2, -0.15) is 8.42 Å². The highest BCUT2D eigenvalue weighted by Gasteiger charge is 2.34. The number of fused-ring (bicyclic) bond motifs is 1. The predicted molar refractivity (Wildman–Crippen MR) is 82.5 cm³/mol. The Morgan fingerprint density at radius 1 is 0.952 bits per heavy atom. The number of rotatable bonds is 3. The van der Waals surface area contributed by atoms with Crippen molar-refractivity contribution in [1.29, 1.82) is 0 Å². The van der Waals surface area contributed by atoms with Gasteiger partial charge in [-0.15, -0.1) is 0 Å². The summed E-state index contributed by atoms with van der Waals surface area (Å²) in [5.41, 5.74) is 1.05. The van der Waals surface area contributed by atoms with Gasteiger partial charge in [-0.25, -0.2) is 0 Å². The third-order valence-corrected chi connectivity index (χ3v) is 6.44. The summed E-state index contributed by atoms with van der Waals surface area (Å²) in [6.07, 6.45) is 7.99. The second-order valence-electron chi connectivity index (χ2n) is 6.60. The molecule has 21 heavy (non-hydrogen) atoms. The molecule has 0 heterocycles. The highest BCUT2D eigenvalue weighted by atomic mass is 32.2. The minimum atomic E-state index is -3.61. The second-order valence-corrected chi connectivity index (χ2v) is 8.18. The van der Waals surface area contributed by atoms with Crippen molar-refractivity contribution >= 4 is 10.1 Å². The molecule has 0 aromatic heterocycles. The maximum absolute atomic E-state index is 12.3. The number of hydrogen-bond donors (Lipinski definition) is 0. The van der Waals surface area contributed by atoms with Gasteiger partial charge in [-0.3, -0.25) is 4.18 Å². The molecule has 2 saturated carbocycles. The van der Waals surface area contributed by atoms with Crippen molar-refractivity contribution in [2.45, 2.75) is 62.9 Å². The Balaban J connectivity index is 1.67. The van der Waals surface area contributed by atoms with Crippen molar-refractivity contribution in [2.75, 3.05) is 0 Å². The van der Waals surface area contributed by atoms with Crippen molar-refractivity contribution < 1.29 is 12.6 Å². The maximum Gasteiger partial charge on any atom is 0.297 e. The number of aryl methyl sites for hydroxylation is 1. The summed E-state index contributed by atoms with van der Waals surface area (Å²) in [5, 5.41) is 0. The van der Waals surface area contributed by atoms with E-state index in [-0.39, 0.29) is 11.0 Å². The van der Waals surface area contributed by atoms with Gasteiger partial charge in [0.05, 0.1) is 11.0 Å². The summed E-state index contributed by atoms with van der Waals surface area (Å²) in [6, 6.07) is 6.90. The van der Waals surface area contributed by atoms with E-state index < -0.39 is 10.1 Å². The summed E-state index contributed by atoms with van der Waals surface area (Å²) >= 11 is 0. The summed E-state index contributed by atoms with van der Waals surface area (Å²) in [6.45, 7) is 1.95. The van der Waals surface area contributed by atoms with E-state index in [9.17, 15) is 8.42 Å². The maximum atomic E-state index is 12.3. The van der Waals surface area contributed by atoms with Gasteiger partial charge in [0, 0.05) is 0 Å². The normalized spacial score (nSPS) is 29.9. The van der Waals surface area contributed by atoms with E-state index in [1.165, 1.54) is 25.7 Å². The van der Waals surface area contributed by atoms with Gasteiger partial charge in [0.2, 0.25) is 0 Å². The minimum absolute atomic E-state index is 0.129. The van der Waals surface area contributed by atoms with Crippen LogP contribution in [0.4, 0.5) is 0 Å². The first-order valence-corrected chi connectivity index (χ1v) is 9.45. The van der Waals surface area contributed by atoms with E-state index in [4.69, 9.17) is 4.18 Å². The van der Waals surface area contributed by atoms with Crippen molar-refractivity contribution in [3.05, 3.63) is 29.8 Å². The molecule has 116 valence electrons. The van der Waals surface area contributed by atoms with Crippen LogP contribution in [0.2, 0.25) is 0 Å². The Labute approximate surface area is 127 Å². The van der Waals surface area contributed by atoms with Crippen LogP contribution in [-0.2, 0) is 14.3 Å². The largest absolute Gasteiger partial charge is 0.297 e. The number of benzene rings is 1. The average molecular weight is 308 g/mol. The van der Waals surface area contributed by atoms with Crippen molar-refractivity contribution in [1.82, 2.24) is 0 Å². The zero-order valence-electron chi connectivity index (χ0n) is 12.6. The first-order chi connectivity index (χ1) is 10.0. The topological polar surface area (TPSA) is 43.4 Å². The summed E-state index contributed by atoms with van der Waals surface area (Å²) in [4.78, 5) is 0.277. The van der Waals surface area contributed by atoms with Gasteiger partial charge < -0.3 is 0 Å². The quantitative estimate of drug-likeness (QED) is 0.791. The van der Waals surface area contributed by atoms with Gasteiger partial charge in [0.15, 0.2) is 0 Å². The first kappa shape index (κ1) is 15.0. The van der Waals surface area contributed by atoms with Crippen molar-refractivity contribution in [2.24, 2.45) is 11.8 Å². The molecule has 3 atom stereocenters. The molecule has 2 aliphatic rings. The molecule has 3 rings (SSSR count). The molecule has 0 bridgehead atoms. The Morgan fingerprint density at radius 3 is 2.33 bits per heavy atom. The molecule has 4 heteroatoms. The van der Waals surface area contributed by atoms with Crippen LogP contribution in [0.25, 0.3) is 0 Å². The van der Waals surface area contributed by atoms with Gasteiger partial charge in [0.1, 0.15) is 0 Å². The molecule has 2 fully saturated rings. The molecule has 0 amide bonds. The van der Waals surface area contributed by atoms with Gasteiger partial charge in [0.25, 0.3) is 10.1 Å². The molecule has 3 nitrogen and oxygen atoms in total. The fraction of sp³-hybridized carbons (Fsp3) is 0.647. The van der Waals surface area contributed by atoms with E-state index in [1.54, 1.807) is 12.1 Å². The van der Waals surface area contributed by atoms with E-state index in [1.807, 2.05) is 19.1 Å². The molecule has 0 aliphatic heterocycles. The highest BCUT2D eigenvalue weighted by molar-refractivity contribution is 7.86. The molecule has 0 unspecified atom stereocenters. The zero-order valence-corrected chi connectivity index (χ0v) is 13.4. The van der Waals surface area contributed by atoms with E-state index >= 15 is 0 Å². The summed E-state index contributed by atoms with van der Waals surface area (Å²) < 4.78 is 30.2.